The van der Waals surface area contributed by atoms with Crippen LogP contribution in [0.3, 0.4) is 0 Å². The Kier molecular flexibility index (Phi) is 5.10. The quantitative estimate of drug-likeness (QED) is 0.452. The Morgan fingerprint density at radius 1 is 1.03 bits per heavy atom. The van der Waals surface area contributed by atoms with Gasteiger partial charge in [0.25, 0.3) is 5.56 Å². The number of hydrogen-bond acceptors (Lipinski definition) is 4. The van der Waals surface area contributed by atoms with Gasteiger partial charge in [-0.2, -0.15) is 4.98 Å². The predicted octanol–water partition coefficient (Wildman–Crippen LogP) is 4.10. The van der Waals surface area contributed by atoms with Crippen molar-refractivity contribution in [2.75, 3.05) is 11.4 Å². The van der Waals surface area contributed by atoms with Gasteiger partial charge in [0.1, 0.15) is 0 Å². The van der Waals surface area contributed by atoms with E-state index in [0.29, 0.717) is 33.7 Å². The van der Waals surface area contributed by atoms with Crippen LogP contribution in [0.15, 0.2) is 52.1 Å². The van der Waals surface area contributed by atoms with Crippen molar-refractivity contribution in [2.24, 2.45) is 7.05 Å². The molecule has 3 heterocycles. The fourth-order valence-electron chi connectivity index (χ4n) is 4.27. The first-order valence-electron chi connectivity index (χ1n) is 10.3. The number of benzene rings is 2. The molecule has 2 aromatic carbocycles. The van der Waals surface area contributed by atoms with Gasteiger partial charge in [0, 0.05) is 25.8 Å². The molecule has 0 radical (unpaired) electrons. The van der Waals surface area contributed by atoms with Crippen LogP contribution in [0.2, 0.25) is 10.0 Å². The zero-order valence-electron chi connectivity index (χ0n) is 17.7. The lowest BCUT2D eigenvalue weighted by Gasteiger charge is -2.29. The smallest absolute Gasteiger partial charge is 0.312 e. The highest BCUT2D eigenvalue weighted by Gasteiger charge is 2.27. The Bertz CT molecular complexity index is 1480. The highest BCUT2D eigenvalue weighted by Crippen LogP contribution is 2.31. The summed E-state index contributed by atoms with van der Waals surface area (Å²) in [4.78, 5) is 33.4. The molecular formula is C23H21Cl2N5O2. The number of nitrogens with zero attached hydrogens (tertiary/aromatic N) is 5. The molecule has 9 heteroatoms. The third-order valence-electron chi connectivity index (χ3n) is 5.86. The van der Waals surface area contributed by atoms with E-state index in [1.165, 1.54) is 9.13 Å². The van der Waals surface area contributed by atoms with Gasteiger partial charge in [-0.05, 0) is 48.7 Å². The molecule has 1 aliphatic rings. The summed E-state index contributed by atoms with van der Waals surface area (Å²) in [5.41, 5.74) is 2.91. The third-order valence-corrected chi connectivity index (χ3v) is 6.59. The average molecular weight is 470 g/mol. The third kappa shape index (κ3) is 3.32. The predicted molar refractivity (Wildman–Crippen MR) is 128 cm³/mol. The zero-order chi connectivity index (χ0) is 22.6. The number of fused-ring (bicyclic) bond motifs is 3. The zero-order valence-corrected chi connectivity index (χ0v) is 19.2. The Morgan fingerprint density at radius 3 is 2.59 bits per heavy atom. The lowest BCUT2D eigenvalue weighted by molar-refractivity contribution is 0.597. The molecule has 1 aliphatic heterocycles. The maximum Gasteiger partial charge on any atom is 0.332 e. The van der Waals surface area contributed by atoms with Crippen LogP contribution in [0.4, 0.5) is 11.6 Å². The fraction of sp³-hybridized carbons (Fsp3) is 0.261. The van der Waals surface area contributed by atoms with Gasteiger partial charge < -0.3 is 9.47 Å². The van der Waals surface area contributed by atoms with Gasteiger partial charge in [0.05, 0.1) is 16.6 Å². The van der Waals surface area contributed by atoms with Gasteiger partial charge in [-0.25, -0.2) is 4.79 Å². The van der Waals surface area contributed by atoms with Crippen molar-refractivity contribution in [2.45, 2.75) is 26.4 Å². The van der Waals surface area contributed by atoms with E-state index < -0.39 is 5.69 Å². The van der Waals surface area contributed by atoms with Crippen LogP contribution in [-0.4, -0.2) is 25.2 Å². The molecule has 0 atom stereocenters. The van der Waals surface area contributed by atoms with E-state index in [9.17, 15) is 9.59 Å². The minimum absolute atomic E-state index is 0.0977. The van der Waals surface area contributed by atoms with E-state index in [-0.39, 0.29) is 12.1 Å². The Labute approximate surface area is 194 Å². The second kappa shape index (κ2) is 7.83. The van der Waals surface area contributed by atoms with Gasteiger partial charge in [-0.15, -0.1) is 0 Å². The Morgan fingerprint density at radius 2 is 1.84 bits per heavy atom. The van der Waals surface area contributed by atoms with Gasteiger partial charge in [0.15, 0.2) is 11.2 Å². The maximum absolute atomic E-state index is 13.5. The van der Waals surface area contributed by atoms with Gasteiger partial charge in [-0.1, -0.05) is 41.4 Å². The van der Waals surface area contributed by atoms with E-state index in [1.54, 1.807) is 25.2 Å². The van der Waals surface area contributed by atoms with Crippen LogP contribution in [0, 0.1) is 6.92 Å². The molecule has 5 rings (SSSR count). The number of rotatable bonds is 3. The topological polar surface area (TPSA) is 65.1 Å². The van der Waals surface area contributed by atoms with Crippen LogP contribution >= 0.6 is 23.2 Å². The van der Waals surface area contributed by atoms with E-state index in [1.807, 2.05) is 29.7 Å². The van der Waals surface area contributed by atoms with Crippen LogP contribution in [0.25, 0.3) is 11.2 Å². The van der Waals surface area contributed by atoms with Crippen LogP contribution in [-0.2, 0) is 20.1 Å². The van der Waals surface area contributed by atoms with Crippen molar-refractivity contribution in [1.29, 1.82) is 0 Å². The number of hydrogen-bond donors (Lipinski definition) is 0. The van der Waals surface area contributed by atoms with Crippen molar-refractivity contribution in [3.8, 4) is 0 Å². The normalized spacial score (nSPS) is 13.6. The van der Waals surface area contributed by atoms with Crippen LogP contribution in [0.1, 0.15) is 17.5 Å². The van der Waals surface area contributed by atoms with E-state index in [4.69, 9.17) is 28.2 Å². The summed E-state index contributed by atoms with van der Waals surface area (Å²) >= 11 is 12.1. The SMILES string of the molecule is Cc1cccc(N2CCCn3c2nc2c3c(=O)n(Cc3ccc(Cl)c(Cl)c3)c(=O)n2C)c1. The maximum atomic E-state index is 13.5. The molecule has 0 unspecified atom stereocenters. The minimum atomic E-state index is -0.425. The molecular weight excluding hydrogens is 449 g/mol. The molecule has 0 aliphatic carbocycles. The molecule has 0 N–H and O–H groups in total. The molecule has 7 nitrogen and oxygen atoms in total. The van der Waals surface area contributed by atoms with Gasteiger partial charge in [0.2, 0.25) is 5.95 Å². The van der Waals surface area contributed by atoms with Crippen molar-refractivity contribution in [3.05, 3.63) is 84.5 Å². The van der Waals surface area contributed by atoms with Gasteiger partial charge >= 0.3 is 5.69 Å². The standard InChI is InChI=1S/C23H21Cl2N5O2/c1-14-5-3-6-16(11-14)28-9-4-10-29-19-20(26-22(28)29)27(2)23(32)30(21(19)31)13-15-7-8-17(24)18(25)12-15/h3,5-8,11-12H,4,9-10,13H2,1-2H3. The highest BCUT2D eigenvalue weighted by atomic mass is 35.5. The molecule has 0 amide bonds. The van der Waals surface area contributed by atoms with Crippen LogP contribution < -0.4 is 16.1 Å². The molecule has 2 aromatic heterocycles. The minimum Gasteiger partial charge on any atom is -0.312 e. The summed E-state index contributed by atoms with van der Waals surface area (Å²) in [5, 5.41) is 0.804. The summed E-state index contributed by atoms with van der Waals surface area (Å²) in [6.45, 7) is 3.59. The Balaban J connectivity index is 1.69. The summed E-state index contributed by atoms with van der Waals surface area (Å²) < 4.78 is 4.59. The fourth-order valence-corrected chi connectivity index (χ4v) is 4.59. The van der Waals surface area contributed by atoms with Crippen molar-refractivity contribution in [3.63, 3.8) is 0 Å². The van der Waals surface area contributed by atoms with E-state index in [0.717, 1.165) is 29.8 Å². The number of aryl methyl sites for hydroxylation is 3. The summed E-state index contributed by atoms with van der Waals surface area (Å²) in [6, 6.07) is 13.3. The van der Waals surface area contributed by atoms with E-state index in [2.05, 4.69) is 11.0 Å². The first-order valence-corrected chi connectivity index (χ1v) is 11.1. The monoisotopic (exact) mass is 469 g/mol. The number of anilines is 2. The largest absolute Gasteiger partial charge is 0.332 e. The molecule has 0 spiro atoms. The number of halogens is 2. The number of imidazole rings is 1. The molecule has 0 saturated heterocycles. The first-order chi connectivity index (χ1) is 15.3. The summed E-state index contributed by atoms with van der Waals surface area (Å²) in [5.74, 6) is 0.677. The van der Waals surface area contributed by atoms with Crippen molar-refractivity contribution < 1.29 is 0 Å². The average Bonchev–Trinajstić information content (AvgIpc) is 3.17. The van der Waals surface area contributed by atoms with Crippen LogP contribution in [0.5, 0.6) is 0 Å². The lowest BCUT2D eigenvalue weighted by Crippen LogP contribution is -2.40. The van der Waals surface area contributed by atoms with E-state index >= 15 is 0 Å². The lowest BCUT2D eigenvalue weighted by atomic mass is 10.2. The second-order valence-electron chi connectivity index (χ2n) is 8.06. The van der Waals surface area contributed by atoms with Crippen molar-refractivity contribution in [1.82, 2.24) is 18.7 Å². The Hall–Kier alpha value is -3.03. The molecule has 164 valence electrons. The molecule has 0 saturated carbocycles. The highest BCUT2D eigenvalue weighted by molar-refractivity contribution is 6.42. The first kappa shape index (κ1) is 20.8. The molecule has 4 aromatic rings. The number of aromatic nitrogens is 4. The molecule has 0 bridgehead atoms. The summed E-state index contributed by atoms with van der Waals surface area (Å²) in [7, 11) is 1.64. The summed E-state index contributed by atoms with van der Waals surface area (Å²) in [6.07, 6.45) is 0.863. The van der Waals surface area contributed by atoms with Gasteiger partial charge in [-0.3, -0.25) is 13.9 Å². The molecule has 32 heavy (non-hydrogen) atoms. The molecule has 0 fully saturated rings. The second-order valence-corrected chi connectivity index (χ2v) is 8.88. The van der Waals surface area contributed by atoms with Crippen molar-refractivity contribution >= 4 is 46.0 Å².